The Hall–Kier alpha value is -2.18. The molecule has 124 valence electrons. The van der Waals surface area contributed by atoms with E-state index in [-0.39, 0.29) is 0 Å². The highest BCUT2D eigenvalue weighted by molar-refractivity contribution is 6.30. The number of rotatable bonds is 4. The standard InChI is InChI=1S/C17H19ClN6/c1-24-5-3-14-13(9-24)17(23-10-22-14)19-4-2-11-7-20-15-8-21-16(18)6-12(11)15/h6-8,10,20H,2-5,9H2,1H3,(H,19,22,23). The number of aromatic nitrogens is 4. The first-order valence-electron chi connectivity index (χ1n) is 8.07. The number of aromatic amines is 1. The Bertz CT molecular complexity index is 875. The van der Waals surface area contributed by atoms with E-state index in [1.807, 2.05) is 12.3 Å². The average Bonchev–Trinajstić information content (AvgIpc) is 2.97. The van der Waals surface area contributed by atoms with Gasteiger partial charge in [-0.15, -0.1) is 0 Å². The molecule has 4 heterocycles. The molecule has 1 aliphatic rings. The molecule has 0 aliphatic carbocycles. The Morgan fingerprint density at radius 2 is 2.25 bits per heavy atom. The van der Waals surface area contributed by atoms with Crippen LogP contribution in [0.15, 0.2) is 24.8 Å². The highest BCUT2D eigenvalue weighted by atomic mass is 35.5. The van der Waals surface area contributed by atoms with Crippen molar-refractivity contribution in [3.8, 4) is 0 Å². The molecular formula is C17H19ClN6. The van der Waals surface area contributed by atoms with Gasteiger partial charge in [-0.1, -0.05) is 11.6 Å². The molecule has 4 rings (SSSR count). The van der Waals surface area contributed by atoms with Crippen molar-refractivity contribution in [1.82, 2.24) is 24.8 Å². The van der Waals surface area contributed by atoms with Crippen LogP contribution in [0, 0.1) is 0 Å². The van der Waals surface area contributed by atoms with Crippen molar-refractivity contribution in [2.45, 2.75) is 19.4 Å². The van der Waals surface area contributed by atoms with Crippen LogP contribution in [0.25, 0.3) is 10.9 Å². The fourth-order valence-corrected chi connectivity index (χ4v) is 3.36. The molecule has 0 bridgehead atoms. The van der Waals surface area contributed by atoms with Crippen LogP contribution in [0.3, 0.4) is 0 Å². The number of nitrogens with one attached hydrogen (secondary N) is 2. The Kier molecular flexibility index (Phi) is 4.08. The van der Waals surface area contributed by atoms with E-state index in [4.69, 9.17) is 11.6 Å². The molecule has 2 N–H and O–H groups in total. The van der Waals surface area contributed by atoms with Crippen LogP contribution >= 0.6 is 11.6 Å². The second-order valence-corrected chi connectivity index (χ2v) is 6.57. The summed E-state index contributed by atoms with van der Waals surface area (Å²) in [5, 5.41) is 5.11. The summed E-state index contributed by atoms with van der Waals surface area (Å²) in [4.78, 5) is 18.5. The molecule has 3 aromatic heterocycles. The maximum absolute atomic E-state index is 6.01. The summed E-state index contributed by atoms with van der Waals surface area (Å²) in [7, 11) is 2.13. The van der Waals surface area contributed by atoms with Gasteiger partial charge in [-0.05, 0) is 25.1 Å². The van der Waals surface area contributed by atoms with Crippen molar-refractivity contribution in [2.75, 3.05) is 25.5 Å². The van der Waals surface area contributed by atoms with Gasteiger partial charge < -0.3 is 15.2 Å². The molecule has 0 radical (unpaired) electrons. The topological polar surface area (TPSA) is 69.7 Å². The summed E-state index contributed by atoms with van der Waals surface area (Å²) in [5.41, 5.74) is 4.62. The lowest BCUT2D eigenvalue weighted by molar-refractivity contribution is 0.310. The predicted octanol–water partition coefficient (Wildman–Crippen LogP) is 2.65. The lowest BCUT2D eigenvalue weighted by Crippen LogP contribution is -2.28. The largest absolute Gasteiger partial charge is 0.369 e. The van der Waals surface area contributed by atoms with Gasteiger partial charge in [-0.2, -0.15) is 0 Å². The lowest BCUT2D eigenvalue weighted by atomic mass is 10.1. The molecule has 6 nitrogen and oxygen atoms in total. The van der Waals surface area contributed by atoms with Crippen LogP contribution in [-0.4, -0.2) is 45.0 Å². The number of nitrogens with zero attached hydrogens (tertiary/aromatic N) is 4. The minimum absolute atomic E-state index is 0.518. The molecule has 0 aromatic carbocycles. The van der Waals surface area contributed by atoms with Crippen LogP contribution in [-0.2, 0) is 19.4 Å². The van der Waals surface area contributed by atoms with E-state index >= 15 is 0 Å². The van der Waals surface area contributed by atoms with E-state index in [0.717, 1.165) is 54.9 Å². The first-order valence-corrected chi connectivity index (χ1v) is 8.45. The zero-order valence-corrected chi connectivity index (χ0v) is 14.3. The molecule has 3 aromatic rings. The fourth-order valence-electron chi connectivity index (χ4n) is 3.20. The van der Waals surface area contributed by atoms with Crippen molar-refractivity contribution >= 4 is 28.3 Å². The summed E-state index contributed by atoms with van der Waals surface area (Å²) in [5.74, 6) is 0.950. The van der Waals surface area contributed by atoms with Gasteiger partial charge in [0.05, 0.1) is 17.4 Å². The molecule has 0 saturated heterocycles. The van der Waals surface area contributed by atoms with Gasteiger partial charge in [-0.3, -0.25) is 0 Å². The Labute approximate surface area is 145 Å². The normalized spacial score (nSPS) is 14.8. The summed E-state index contributed by atoms with van der Waals surface area (Å²) >= 11 is 6.01. The van der Waals surface area contributed by atoms with E-state index < -0.39 is 0 Å². The number of fused-ring (bicyclic) bond motifs is 2. The number of halogens is 1. The van der Waals surface area contributed by atoms with E-state index in [2.05, 4.69) is 37.2 Å². The summed E-state index contributed by atoms with van der Waals surface area (Å²) < 4.78 is 0. The highest BCUT2D eigenvalue weighted by Crippen LogP contribution is 2.23. The Morgan fingerprint density at radius 3 is 3.17 bits per heavy atom. The van der Waals surface area contributed by atoms with Crippen molar-refractivity contribution in [3.63, 3.8) is 0 Å². The minimum Gasteiger partial charge on any atom is -0.369 e. The number of pyridine rings is 1. The van der Waals surface area contributed by atoms with Crippen LogP contribution in [0.2, 0.25) is 5.15 Å². The van der Waals surface area contributed by atoms with Crippen molar-refractivity contribution in [3.05, 3.63) is 46.8 Å². The van der Waals surface area contributed by atoms with Crippen molar-refractivity contribution in [2.24, 2.45) is 0 Å². The highest BCUT2D eigenvalue weighted by Gasteiger charge is 2.18. The molecule has 0 spiro atoms. The SMILES string of the molecule is CN1CCc2ncnc(NCCc3c[nH]c4cnc(Cl)cc34)c2C1. The summed E-state index contributed by atoms with van der Waals surface area (Å²) in [6.45, 7) is 2.75. The van der Waals surface area contributed by atoms with Gasteiger partial charge in [0.25, 0.3) is 0 Å². The third-order valence-corrected chi connectivity index (χ3v) is 4.70. The Balaban J connectivity index is 1.49. The molecule has 0 fully saturated rings. The fraction of sp³-hybridized carbons (Fsp3) is 0.353. The molecule has 0 saturated carbocycles. The summed E-state index contributed by atoms with van der Waals surface area (Å²) in [6, 6.07) is 1.91. The predicted molar refractivity (Wildman–Crippen MR) is 95.4 cm³/mol. The number of anilines is 1. The van der Waals surface area contributed by atoms with Gasteiger partial charge in [0.1, 0.15) is 17.3 Å². The van der Waals surface area contributed by atoms with Crippen molar-refractivity contribution in [1.29, 1.82) is 0 Å². The molecule has 24 heavy (non-hydrogen) atoms. The maximum atomic E-state index is 6.01. The quantitative estimate of drug-likeness (QED) is 0.713. The third-order valence-electron chi connectivity index (χ3n) is 4.50. The first kappa shape index (κ1) is 15.4. The van der Waals surface area contributed by atoms with E-state index in [1.165, 1.54) is 11.1 Å². The van der Waals surface area contributed by atoms with Crippen molar-refractivity contribution < 1.29 is 0 Å². The zero-order valence-electron chi connectivity index (χ0n) is 13.5. The van der Waals surface area contributed by atoms with Crippen LogP contribution in [0.4, 0.5) is 5.82 Å². The van der Waals surface area contributed by atoms with Crippen LogP contribution in [0.5, 0.6) is 0 Å². The average molecular weight is 343 g/mol. The smallest absolute Gasteiger partial charge is 0.134 e. The van der Waals surface area contributed by atoms with Gasteiger partial charge in [0.2, 0.25) is 0 Å². The molecule has 1 aliphatic heterocycles. The van der Waals surface area contributed by atoms with Crippen LogP contribution in [0.1, 0.15) is 16.8 Å². The third kappa shape index (κ3) is 2.95. The van der Waals surface area contributed by atoms with Gasteiger partial charge >= 0.3 is 0 Å². The first-order chi connectivity index (χ1) is 11.7. The second kappa shape index (κ2) is 6.37. The number of likely N-dealkylation sites (N-methyl/N-ethyl adjacent to an activating group) is 1. The number of H-pyrrole nitrogens is 1. The van der Waals surface area contributed by atoms with Gasteiger partial charge in [-0.25, -0.2) is 15.0 Å². The monoisotopic (exact) mass is 342 g/mol. The Morgan fingerprint density at radius 1 is 1.33 bits per heavy atom. The zero-order chi connectivity index (χ0) is 16.5. The molecular weight excluding hydrogens is 324 g/mol. The molecule has 0 amide bonds. The van der Waals surface area contributed by atoms with E-state index in [9.17, 15) is 0 Å². The number of hydrogen-bond acceptors (Lipinski definition) is 5. The second-order valence-electron chi connectivity index (χ2n) is 6.18. The molecule has 0 atom stereocenters. The minimum atomic E-state index is 0.518. The summed E-state index contributed by atoms with van der Waals surface area (Å²) in [6.07, 6.45) is 7.31. The molecule has 7 heteroatoms. The lowest BCUT2D eigenvalue weighted by Gasteiger charge is -2.25. The number of hydrogen-bond donors (Lipinski definition) is 2. The van der Waals surface area contributed by atoms with Gasteiger partial charge in [0, 0.05) is 43.2 Å². The molecule has 0 unspecified atom stereocenters. The van der Waals surface area contributed by atoms with E-state index in [0.29, 0.717) is 5.15 Å². The van der Waals surface area contributed by atoms with E-state index in [1.54, 1.807) is 12.5 Å². The van der Waals surface area contributed by atoms with Crippen LogP contribution < -0.4 is 5.32 Å². The maximum Gasteiger partial charge on any atom is 0.134 e. The van der Waals surface area contributed by atoms with Gasteiger partial charge in [0.15, 0.2) is 0 Å².